The molecule has 0 aliphatic carbocycles. The van der Waals surface area contributed by atoms with Gasteiger partial charge in [-0.15, -0.1) is 0 Å². The van der Waals surface area contributed by atoms with Gasteiger partial charge in [0.2, 0.25) is 0 Å². The van der Waals surface area contributed by atoms with Crippen molar-refractivity contribution in [1.29, 1.82) is 0 Å². The summed E-state index contributed by atoms with van der Waals surface area (Å²) in [5.41, 5.74) is 5.72. The van der Waals surface area contributed by atoms with Gasteiger partial charge >= 0.3 is 6.03 Å². The average Bonchev–Trinajstić information content (AvgIpc) is 3.28. The molecule has 0 bridgehead atoms. The summed E-state index contributed by atoms with van der Waals surface area (Å²) in [6, 6.07) is 29.1. The number of nitrogens with one attached hydrogen (secondary N) is 2. The van der Waals surface area contributed by atoms with Crippen molar-refractivity contribution in [3.05, 3.63) is 108 Å². The van der Waals surface area contributed by atoms with Gasteiger partial charge in [-0.3, -0.25) is 9.62 Å². The number of aryl methyl sites for hydroxylation is 1. The van der Waals surface area contributed by atoms with Crippen molar-refractivity contribution in [3.8, 4) is 11.1 Å². The number of rotatable bonds is 5. The van der Waals surface area contributed by atoms with Crippen molar-refractivity contribution in [2.24, 2.45) is 0 Å². The van der Waals surface area contributed by atoms with Crippen LogP contribution in [0.3, 0.4) is 0 Å². The van der Waals surface area contributed by atoms with Crippen molar-refractivity contribution in [2.75, 3.05) is 21.5 Å². The Kier molecular flexibility index (Phi) is 6.01. The van der Waals surface area contributed by atoms with Gasteiger partial charge in [-0.05, 0) is 66.4 Å². The molecule has 1 aliphatic heterocycles. The lowest BCUT2D eigenvalue weighted by molar-refractivity contribution is 0.257. The first kappa shape index (κ1) is 22.7. The lowest BCUT2D eigenvalue weighted by Gasteiger charge is -2.19. The van der Waals surface area contributed by atoms with E-state index in [2.05, 4.69) is 10.0 Å². The number of hydrogen-bond acceptors (Lipinski definition) is 3. The zero-order valence-corrected chi connectivity index (χ0v) is 20.0. The van der Waals surface area contributed by atoms with E-state index in [1.54, 1.807) is 35.2 Å². The van der Waals surface area contributed by atoms with E-state index in [1.165, 1.54) is 0 Å². The second-order valence-corrected chi connectivity index (χ2v) is 10.2. The zero-order chi connectivity index (χ0) is 24.4. The van der Waals surface area contributed by atoms with Crippen LogP contribution in [0, 0.1) is 6.92 Å². The van der Waals surface area contributed by atoms with Crippen LogP contribution in [-0.4, -0.2) is 21.0 Å². The minimum absolute atomic E-state index is 0.176. The van der Waals surface area contributed by atoms with Gasteiger partial charge in [-0.25, -0.2) is 13.2 Å². The van der Waals surface area contributed by atoms with Crippen LogP contribution in [0.5, 0.6) is 0 Å². The molecule has 0 unspecified atom stereocenters. The number of anilines is 3. The van der Waals surface area contributed by atoms with E-state index < -0.39 is 10.0 Å². The minimum Gasteiger partial charge on any atom is -0.308 e. The molecule has 0 saturated carbocycles. The summed E-state index contributed by atoms with van der Waals surface area (Å²) in [5, 5.41) is 2.89. The highest BCUT2D eigenvalue weighted by atomic mass is 32.2. The third-order valence-electron chi connectivity index (χ3n) is 6.03. The summed E-state index contributed by atoms with van der Waals surface area (Å²) in [7, 11) is -3.82. The molecule has 2 amide bonds. The molecule has 5 rings (SSSR count). The Morgan fingerprint density at radius 1 is 0.800 bits per heavy atom. The van der Waals surface area contributed by atoms with Gasteiger partial charge in [0.05, 0.1) is 16.3 Å². The van der Waals surface area contributed by atoms with Crippen LogP contribution in [0.1, 0.15) is 11.1 Å². The summed E-state index contributed by atoms with van der Waals surface area (Å²) in [6.45, 7) is 2.54. The first-order chi connectivity index (χ1) is 16.9. The number of carbonyl (C=O) groups is 1. The second-order valence-electron chi connectivity index (χ2n) is 8.54. The molecule has 1 aliphatic rings. The van der Waals surface area contributed by atoms with Crippen LogP contribution < -0.4 is 14.9 Å². The summed E-state index contributed by atoms with van der Waals surface area (Å²) in [6.07, 6.45) is 0.711. The van der Waals surface area contributed by atoms with Crippen molar-refractivity contribution >= 4 is 33.1 Å². The molecule has 0 fully saturated rings. The largest absolute Gasteiger partial charge is 0.326 e. The highest BCUT2D eigenvalue weighted by Gasteiger charge is 2.26. The standard InChI is InChI=1S/C28H25N3O3S/c1-20-10-12-21(13-11-20)23-6-5-9-26(18-23)35(33,34)30-25-15-14-22-16-17-31(27(22)19-25)28(32)29-24-7-3-2-4-8-24/h2-15,18-19,30H,16-17H2,1H3,(H,29,32). The molecule has 0 aromatic heterocycles. The molecule has 7 heteroatoms. The van der Waals surface area contributed by atoms with E-state index >= 15 is 0 Å². The molecule has 6 nitrogen and oxygen atoms in total. The van der Waals surface area contributed by atoms with E-state index in [9.17, 15) is 13.2 Å². The number of hydrogen-bond donors (Lipinski definition) is 2. The molecular weight excluding hydrogens is 458 g/mol. The van der Waals surface area contributed by atoms with Crippen LogP contribution in [0.15, 0.2) is 102 Å². The van der Waals surface area contributed by atoms with Crippen LogP contribution >= 0.6 is 0 Å². The molecular formula is C28H25N3O3S. The monoisotopic (exact) mass is 483 g/mol. The van der Waals surface area contributed by atoms with Gasteiger partial charge in [-0.1, -0.05) is 66.2 Å². The van der Waals surface area contributed by atoms with E-state index in [0.29, 0.717) is 30.0 Å². The van der Waals surface area contributed by atoms with E-state index in [0.717, 1.165) is 22.3 Å². The number of nitrogens with zero attached hydrogens (tertiary/aromatic N) is 1. The topological polar surface area (TPSA) is 78.5 Å². The van der Waals surface area contributed by atoms with Crippen LogP contribution in [0.25, 0.3) is 11.1 Å². The van der Waals surface area contributed by atoms with Gasteiger partial charge in [0.1, 0.15) is 0 Å². The molecule has 4 aromatic carbocycles. The Morgan fingerprint density at radius 2 is 1.57 bits per heavy atom. The van der Waals surface area contributed by atoms with Crippen molar-refractivity contribution in [2.45, 2.75) is 18.2 Å². The molecule has 4 aromatic rings. The van der Waals surface area contributed by atoms with Gasteiger partial charge in [0.15, 0.2) is 0 Å². The van der Waals surface area contributed by atoms with Crippen molar-refractivity contribution in [3.63, 3.8) is 0 Å². The fraction of sp³-hybridized carbons (Fsp3) is 0.107. The highest BCUT2D eigenvalue weighted by Crippen LogP contribution is 2.32. The predicted octanol–water partition coefficient (Wildman–Crippen LogP) is 6.06. The Bertz CT molecular complexity index is 1480. The third kappa shape index (κ3) is 4.90. The molecule has 0 spiro atoms. The molecule has 0 atom stereocenters. The summed E-state index contributed by atoms with van der Waals surface area (Å²) >= 11 is 0. The summed E-state index contributed by atoms with van der Waals surface area (Å²) < 4.78 is 29.1. The normalized spacial score (nSPS) is 12.8. The second kappa shape index (κ2) is 9.27. The smallest absolute Gasteiger partial charge is 0.308 e. The third-order valence-corrected chi connectivity index (χ3v) is 7.41. The average molecular weight is 484 g/mol. The SMILES string of the molecule is Cc1ccc(-c2cccc(S(=O)(=O)Nc3ccc4c(c3)N(C(=O)Nc3ccccc3)CC4)c2)cc1. The number of amides is 2. The maximum absolute atomic E-state index is 13.2. The van der Waals surface area contributed by atoms with E-state index in [4.69, 9.17) is 0 Å². The van der Waals surface area contributed by atoms with E-state index in [1.807, 2.05) is 73.7 Å². The fourth-order valence-electron chi connectivity index (χ4n) is 4.17. The minimum atomic E-state index is -3.82. The highest BCUT2D eigenvalue weighted by molar-refractivity contribution is 7.92. The predicted molar refractivity (Wildman–Crippen MR) is 140 cm³/mol. The van der Waals surface area contributed by atoms with E-state index in [-0.39, 0.29) is 10.9 Å². The molecule has 176 valence electrons. The van der Waals surface area contributed by atoms with Gasteiger partial charge in [-0.2, -0.15) is 0 Å². The fourth-order valence-corrected chi connectivity index (χ4v) is 5.26. The maximum Gasteiger partial charge on any atom is 0.326 e. The van der Waals surface area contributed by atoms with Crippen LogP contribution in [0.4, 0.5) is 21.9 Å². The molecule has 0 saturated heterocycles. The number of fused-ring (bicyclic) bond motifs is 1. The lowest BCUT2D eigenvalue weighted by atomic mass is 10.0. The number of sulfonamides is 1. The summed E-state index contributed by atoms with van der Waals surface area (Å²) in [4.78, 5) is 14.7. The first-order valence-corrected chi connectivity index (χ1v) is 12.8. The maximum atomic E-state index is 13.2. The summed E-state index contributed by atoms with van der Waals surface area (Å²) in [5.74, 6) is 0. The Hall–Kier alpha value is -4.10. The first-order valence-electron chi connectivity index (χ1n) is 11.4. The van der Waals surface area contributed by atoms with Gasteiger partial charge < -0.3 is 5.32 Å². The van der Waals surface area contributed by atoms with Gasteiger partial charge in [0.25, 0.3) is 10.0 Å². The Morgan fingerprint density at radius 3 is 2.34 bits per heavy atom. The number of carbonyl (C=O) groups excluding carboxylic acids is 1. The van der Waals surface area contributed by atoms with Crippen molar-refractivity contribution in [1.82, 2.24) is 0 Å². The molecule has 1 heterocycles. The quantitative estimate of drug-likeness (QED) is 0.362. The zero-order valence-electron chi connectivity index (χ0n) is 19.2. The van der Waals surface area contributed by atoms with Gasteiger partial charge in [0, 0.05) is 12.2 Å². The molecule has 0 radical (unpaired) electrons. The molecule has 2 N–H and O–H groups in total. The van der Waals surface area contributed by atoms with Crippen molar-refractivity contribution < 1.29 is 13.2 Å². The number of benzene rings is 4. The number of urea groups is 1. The Labute approximate surface area is 205 Å². The molecule has 35 heavy (non-hydrogen) atoms. The van der Waals surface area contributed by atoms with Crippen LogP contribution in [-0.2, 0) is 16.4 Å². The van der Waals surface area contributed by atoms with Crippen LogP contribution in [0.2, 0.25) is 0 Å². The Balaban J connectivity index is 1.37. The lowest BCUT2D eigenvalue weighted by Crippen LogP contribution is -2.33. The number of para-hydroxylation sites is 1.